The highest BCUT2D eigenvalue weighted by atomic mass is 32.2. The van der Waals surface area contributed by atoms with E-state index in [-0.39, 0.29) is 11.5 Å². The summed E-state index contributed by atoms with van der Waals surface area (Å²) < 4.78 is 0. The van der Waals surface area contributed by atoms with Crippen LogP contribution in [0.25, 0.3) is 5.57 Å². The SMILES string of the molecule is C/C(=C1/SC(=Nc2cc(C(=O)O)ccc2C)NC1=O)c1ccc(N)cc1. The van der Waals surface area contributed by atoms with E-state index >= 15 is 0 Å². The van der Waals surface area contributed by atoms with Crippen LogP contribution in [0.1, 0.15) is 28.4 Å². The molecule has 0 aliphatic carbocycles. The first-order chi connectivity index (χ1) is 12.3. The Balaban J connectivity index is 1.93. The van der Waals surface area contributed by atoms with Gasteiger partial charge < -0.3 is 16.2 Å². The van der Waals surface area contributed by atoms with Crippen LogP contribution in [0.4, 0.5) is 11.4 Å². The van der Waals surface area contributed by atoms with E-state index in [1.54, 1.807) is 18.2 Å². The Morgan fingerprint density at radius 1 is 1.15 bits per heavy atom. The van der Waals surface area contributed by atoms with Gasteiger partial charge in [-0.15, -0.1) is 0 Å². The second kappa shape index (κ2) is 7.05. The first kappa shape index (κ1) is 17.8. The number of rotatable bonds is 3. The van der Waals surface area contributed by atoms with Gasteiger partial charge in [0, 0.05) is 5.69 Å². The van der Waals surface area contributed by atoms with E-state index in [2.05, 4.69) is 10.3 Å². The average molecular weight is 367 g/mol. The summed E-state index contributed by atoms with van der Waals surface area (Å²) in [6, 6.07) is 12.0. The fourth-order valence-electron chi connectivity index (χ4n) is 2.46. The lowest BCUT2D eigenvalue weighted by Crippen LogP contribution is -2.19. The van der Waals surface area contributed by atoms with Crippen LogP contribution < -0.4 is 11.1 Å². The number of allylic oxidation sites excluding steroid dienone is 1. The fraction of sp³-hybridized carbons (Fsp3) is 0.105. The van der Waals surface area contributed by atoms with E-state index in [1.807, 2.05) is 26.0 Å². The highest BCUT2D eigenvalue weighted by molar-refractivity contribution is 8.18. The number of nitrogens with zero attached hydrogens (tertiary/aromatic N) is 1. The summed E-state index contributed by atoms with van der Waals surface area (Å²) in [6.07, 6.45) is 0. The molecule has 0 radical (unpaired) electrons. The summed E-state index contributed by atoms with van der Waals surface area (Å²) in [5.41, 5.74) is 9.58. The zero-order valence-corrected chi connectivity index (χ0v) is 15.1. The second-order valence-corrected chi connectivity index (χ2v) is 6.85. The number of amides is 1. The molecule has 0 unspecified atom stereocenters. The largest absolute Gasteiger partial charge is 0.478 e. The van der Waals surface area contributed by atoms with Crippen molar-refractivity contribution in [3.8, 4) is 0 Å². The van der Waals surface area contributed by atoms with E-state index in [4.69, 9.17) is 10.8 Å². The molecular weight excluding hydrogens is 350 g/mol. The van der Waals surface area contributed by atoms with E-state index in [9.17, 15) is 9.59 Å². The highest BCUT2D eigenvalue weighted by Crippen LogP contribution is 2.33. The maximum Gasteiger partial charge on any atom is 0.335 e. The number of carbonyl (C=O) groups excluding carboxylic acids is 1. The highest BCUT2D eigenvalue weighted by Gasteiger charge is 2.26. The second-order valence-electron chi connectivity index (χ2n) is 5.86. The Morgan fingerprint density at radius 3 is 2.46 bits per heavy atom. The van der Waals surface area contributed by atoms with Gasteiger partial charge in [-0.2, -0.15) is 0 Å². The van der Waals surface area contributed by atoms with Gasteiger partial charge in [-0.25, -0.2) is 9.79 Å². The van der Waals surface area contributed by atoms with Crippen LogP contribution in [0.5, 0.6) is 0 Å². The predicted octanol–water partition coefficient (Wildman–Crippen LogP) is 3.56. The van der Waals surface area contributed by atoms with Crippen molar-refractivity contribution in [2.24, 2.45) is 4.99 Å². The number of benzene rings is 2. The predicted molar refractivity (Wildman–Crippen MR) is 104 cm³/mol. The van der Waals surface area contributed by atoms with Gasteiger partial charge in [0.25, 0.3) is 5.91 Å². The van der Waals surface area contributed by atoms with Gasteiger partial charge in [0.15, 0.2) is 5.17 Å². The Bertz CT molecular complexity index is 962. The van der Waals surface area contributed by atoms with Crippen molar-refractivity contribution in [3.05, 3.63) is 64.1 Å². The monoisotopic (exact) mass is 367 g/mol. The molecule has 0 bridgehead atoms. The van der Waals surface area contributed by atoms with Gasteiger partial charge >= 0.3 is 5.97 Å². The zero-order valence-electron chi connectivity index (χ0n) is 14.2. The number of hydrogen-bond donors (Lipinski definition) is 3. The number of hydrogen-bond acceptors (Lipinski definition) is 5. The number of carbonyl (C=O) groups is 2. The van der Waals surface area contributed by atoms with Gasteiger partial charge in [0.2, 0.25) is 0 Å². The van der Waals surface area contributed by atoms with Crippen molar-refractivity contribution in [1.29, 1.82) is 0 Å². The number of nitrogens with two attached hydrogens (primary N) is 1. The Hall–Kier alpha value is -3.06. The lowest BCUT2D eigenvalue weighted by Gasteiger charge is -2.04. The summed E-state index contributed by atoms with van der Waals surface area (Å²) >= 11 is 1.23. The van der Waals surface area contributed by atoms with Crippen LogP contribution in [0.15, 0.2) is 52.4 Å². The lowest BCUT2D eigenvalue weighted by atomic mass is 10.1. The van der Waals surface area contributed by atoms with Crippen LogP contribution in [-0.2, 0) is 4.79 Å². The van der Waals surface area contributed by atoms with Crippen molar-refractivity contribution in [2.45, 2.75) is 13.8 Å². The van der Waals surface area contributed by atoms with Gasteiger partial charge in [0.05, 0.1) is 16.2 Å². The molecule has 2 aromatic rings. The van der Waals surface area contributed by atoms with Crippen molar-refractivity contribution >= 4 is 45.8 Å². The maximum absolute atomic E-state index is 12.3. The molecule has 1 aliphatic rings. The molecule has 0 spiro atoms. The third-order valence-electron chi connectivity index (χ3n) is 3.99. The molecule has 1 aliphatic heterocycles. The summed E-state index contributed by atoms with van der Waals surface area (Å²) in [4.78, 5) is 28.4. The minimum atomic E-state index is -1.02. The van der Waals surface area contributed by atoms with E-state index in [0.29, 0.717) is 21.4 Å². The standard InChI is InChI=1S/C19H17N3O3S/c1-10-3-4-13(18(24)25)9-15(10)21-19-22-17(23)16(26-19)11(2)12-5-7-14(20)8-6-12/h3-9H,20H2,1-2H3,(H,24,25)(H,21,22,23)/b16-11-. The molecule has 6 nitrogen and oxygen atoms in total. The van der Waals surface area contributed by atoms with Crippen molar-refractivity contribution in [1.82, 2.24) is 5.32 Å². The van der Waals surface area contributed by atoms with Gasteiger partial charge in [0.1, 0.15) is 0 Å². The average Bonchev–Trinajstić information content (AvgIpc) is 2.97. The number of amidine groups is 1. The van der Waals surface area contributed by atoms with Crippen LogP contribution in [0.3, 0.4) is 0 Å². The number of carboxylic acid groups (broad SMARTS) is 1. The minimum Gasteiger partial charge on any atom is -0.478 e. The Kier molecular flexibility index (Phi) is 4.81. The molecular formula is C19H17N3O3S. The molecule has 1 amide bonds. The number of aromatic carboxylic acids is 1. The van der Waals surface area contributed by atoms with Crippen molar-refractivity contribution < 1.29 is 14.7 Å². The molecule has 26 heavy (non-hydrogen) atoms. The van der Waals surface area contributed by atoms with E-state index in [0.717, 1.165) is 16.7 Å². The lowest BCUT2D eigenvalue weighted by molar-refractivity contribution is -0.115. The maximum atomic E-state index is 12.3. The zero-order chi connectivity index (χ0) is 18.8. The first-order valence-electron chi connectivity index (χ1n) is 7.84. The van der Waals surface area contributed by atoms with E-state index in [1.165, 1.54) is 23.9 Å². The van der Waals surface area contributed by atoms with E-state index < -0.39 is 5.97 Å². The third kappa shape index (κ3) is 3.62. The van der Waals surface area contributed by atoms with Gasteiger partial charge in [-0.3, -0.25) is 4.79 Å². The number of thioether (sulfide) groups is 1. The van der Waals surface area contributed by atoms with Crippen molar-refractivity contribution in [3.63, 3.8) is 0 Å². The molecule has 2 aromatic carbocycles. The molecule has 1 fully saturated rings. The fourth-order valence-corrected chi connectivity index (χ4v) is 3.35. The molecule has 132 valence electrons. The number of nitrogen functional groups attached to an aromatic ring is 1. The topological polar surface area (TPSA) is 105 Å². The first-order valence-corrected chi connectivity index (χ1v) is 8.65. The normalized spacial score (nSPS) is 17.3. The summed E-state index contributed by atoms with van der Waals surface area (Å²) in [7, 11) is 0. The molecule has 7 heteroatoms. The number of carboxylic acids is 1. The molecule has 3 rings (SSSR count). The number of aliphatic imine (C=N–C) groups is 1. The molecule has 1 saturated heterocycles. The van der Waals surface area contributed by atoms with Gasteiger partial charge in [-0.1, -0.05) is 18.2 Å². The Labute approximate surface area is 154 Å². The molecule has 4 N–H and O–H groups in total. The van der Waals surface area contributed by atoms with Crippen LogP contribution >= 0.6 is 11.8 Å². The number of nitrogens with one attached hydrogen (secondary N) is 1. The molecule has 0 saturated carbocycles. The summed E-state index contributed by atoms with van der Waals surface area (Å²) in [5, 5.41) is 12.3. The number of aryl methyl sites for hydroxylation is 1. The van der Waals surface area contributed by atoms with Crippen molar-refractivity contribution in [2.75, 3.05) is 5.73 Å². The van der Waals surface area contributed by atoms with Gasteiger partial charge in [-0.05, 0) is 66.6 Å². The molecule has 0 aromatic heterocycles. The summed E-state index contributed by atoms with van der Waals surface area (Å²) in [6.45, 7) is 3.70. The minimum absolute atomic E-state index is 0.151. The quantitative estimate of drug-likeness (QED) is 0.568. The third-order valence-corrected chi connectivity index (χ3v) is 5.07. The molecule has 0 atom stereocenters. The smallest absolute Gasteiger partial charge is 0.335 e. The molecule has 1 heterocycles. The Morgan fingerprint density at radius 2 is 1.81 bits per heavy atom. The van der Waals surface area contributed by atoms with Crippen LogP contribution in [0.2, 0.25) is 0 Å². The number of anilines is 1. The van der Waals surface area contributed by atoms with Crippen LogP contribution in [0, 0.1) is 6.92 Å². The van der Waals surface area contributed by atoms with Crippen LogP contribution in [-0.4, -0.2) is 22.2 Å². The summed E-state index contributed by atoms with van der Waals surface area (Å²) in [5.74, 6) is -1.25.